The largest absolute Gasteiger partial charge is 0.455 e. The summed E-state index contributed by atoms with van der Waals surface area (Å²) in [6.07, 6.45) is 6.51. The van der Waals surface area contributed by atoms with Gasteiger partial charge in [0, 0.05) is 46.2 Å². The third-order valence-corrected chi connectivity index (χ3v) is 11.1. The molecule has 1 N–H and O–H groups in total. The van der Waals surface area contributed by atoms with Gasteiger partial charge < -0.3 is 34.0 Å². The van der Waals surface area contributed by atoms with Crippen LogP contribution in [0.1, 0.15) is 45.3 Å². The molecule has 49 heavy (non-hydrogen) atoms. The van der Waals surface area contributed by atoms with Crippen molar-refractivity contribution < 1.29 is 38.5 Å². The van der Waals surface area contributed by atoms with Crippen LogP contribution in [-0.2, 0) is 33.4 Å². The van der Waals surface area contributed by atoms with Gasteiger partial charge in [-0.2, -0.15) is 0 Å². The Morgan fingerprint density at radius 2 is 1.73 bits per heavy atom. The van der Waals surface area contributed by atoms with Crippen LogP contribution in [0.3, 0.4) is 0 Å². The Hall–Kier alpha value is -3.58. The summed E-state index contributed by atoms with van der Waals surface area (Å²) in [7, 11) is 1.71. The molecular weight excluding hydrogens is 628 g/mol. The van der Waals surface area contributed by atoms with Crippen molar-refractivity contribution in [3.63, 3.8) is 0 Å². The first-order chi connectivity index (χ1) is 23.6. The van der Waals surface area contributed by atoms with Gasteiger partial charge in [0.2, 0.25) is 17.7 Å². The van der Waals surface area contributed by atoms with Crippen LogP contribution in [0.15, 0.2) is 54.6 Å². The Morgan fingerprint density at radius 3 is 2.43 bits per heavy atom. The number of nitrogens with zero attached hydrogens (tertiary/aromatic N) is 4. The molecule has 0 saturated carbocycles. The number of carbonyl (C=O) groups is 4. The van der Waals surface area contributed by atoms with Crippen LogP contribution in [0.4, 0.5) is 0 Å². The number of likely N-dealkylation sites (N-methyl/N-ethyl adjacent to an activating group) is 1. The molecule has 0 aliphatic carbocycles. The zero-order valence-electron chi connectivity index (χ0n) is 29.0. The highest BCUT2D eigenvalue weighted by Gasteiger charge is 2.74. The van der Waals surface area contributed by atoms with Crippen molar-refractivity contribution in [1.29, 1.82) is 0 Å². The molecule has 1 aromatic rings. The van der Waals surface area contributed by atoms with Gasteiger partial charge in [0.15, 0.2) is 0 Å². The normalized spacial score (nSPS) is 34.1. The number of esters is 1. The maximum Gasteiger partial charge on any atom is 0.313 e. The summed E-state index contributed by atoms with van der Waals surface area (Å²) in [6, 6.07) is 7.01. The van der Waals surface area contributed by atoms with Crippen molar-refractivity contribution in [2.24, 2.45) is 17.8 Å². The highest BCUT2D eigenvalue weighted by Crippen LogP contribution is 2.56. The van der Waals surface area contributed by atoms with E-state index in [2.05, 4.69) is 4.90 Å². The molecule has 8 atom stereocenters. The molecule has 12 heteroatoms. The number of cyclic esters (lactones) is 1. The highest BCUT2D eigenvalue weighted by molar-refractivity contribution is 5.99. The SMILES string of the molecule is CC(C)[C@H](CO)N1C(=O)[C@H]2[C@@H]3C(=O)O[C@H](c4ccccc4)[C@@H](C)N(C)C(=O)CC/C=C\CN(CCN4CCOCC4)C(=O)[C@H]1[C@@]21C=C[C@@H]3O1. The van der Waals surface area contributed by atoms with Gasteiger partial charge in [-0.1, -0.05) is 68.5 Å². The zero-order valence-corrected chi connectivity index (χ0v) is 29.0. The van der Waals surface area contributed by atoms with Crippen LogP contribution in [0.2, 0.25) is 0 Å². The number of benzene rings is 1. The molecule has 5 bridgehead atoms. The predicted molar refractivity (Wildman–Crippen MR) is 180 cm³/mol. The van der Waals surface area contributed by atoms with E-state index in [1.54, 1.807) is 29.0 Å². The van der Waals surface area contributed by atoms with Gasteiger partial charge >= 0.3 is 5.97 Å². The lowest BCUT2D eigenvalue weighted by Gasteiger charge is -2.40. The summed E-state index contributed by atoms with van der Waals surface area (Å²) in [5, 5.41) is 10.6. The molecule has 3 fully saturated rings. The van der Waals surface area contributed by atoms with E-state index in [0.717, 1.165) is 18.7 Å². The lowest BCUT2D eigenvalue weighted by Crippen LogP contribution is -2.60. The number of hydrogen-bond acceptors (Lipinski definition) is 9. The number of ether oxygens (including phenoxy) is 3. The van der Waals surface area contributed by atoms with Gasteiger partial charge in [-0.05, 0) is 24.8 Å². The number of amides is 3. The number of carbonyl (C=O) groups excluding carboxylic acids is 4. The topological polar surface area (TPSA) is 129 Å². The minimum absolute atomic E-state index is 0.0996. The van der Waals surface area contributed by atoms with Crippen molar-refractivity contribution in [2.75, 3.05) is 59.6 Å². The summed E-state index contributed by atoms with van der Waals surface area (Å²) < 4.78 is 18.4. The van der Waals surface area contributed by atoms with E-state index in [1.807, 2.05) is 63.3 Å². The maximum absolute atomic E-state index is 14.9. The molecule has 5 aliphatic rings. The standard InChI is InChI=1S/C37H50N4O8/c1-24(2)27(23-42)41-33-35(45)40(18-17-39-19-21-47-22-20-39)16-10-6-9-13-29(43)38(4)25(3)32(26-11-7-5-8-12-26)48-36(46)30-28-14-15-37(33,49-28)31(30)34(41)44/h5-8,10-12,14-15,24-25,27-28,30-33,42H,9,13,16-23H2,1-4H3/b10-6-/t25-,27+,28+,30-,31-,32+,33+,37-/m1/s1. The van der Waals surface area contributed by atoms with Crippen LogP contribution < -0.4 is 0 Å². The first kappa shape index (κ1) is 35.3. The Kier molecular flexibility index (Phi) is 10.6. The second-order valence-electron chi connectivity index (χ2n) is 14.2. The molecule has 1 spiro atoms. The Morgan fingerprint density at radius 1 is 1.00 bits per heavy atom. The summed E-state index contributed by atoms with van der Waals surface area (Å²) in [6.45, 7) is 9.35. The molecule has 3 amide bonds. The second-order valence-corrected chi connectivity index (χ2v) is 14.2. The third-order valence-electron chi connectivity index (χ3n) is 11.1. The number of aliphatic hydroxyl groups excluding tert-OH is 1. The average Bonchev–Trinajstić information content (AvgIpc) is 3.75. The number of fused-ring (bicyclic) bond motifs is 2. The van der Waals surface area contributed by atoms with Crippen molar-refractivity contribution in [2.45, 2.75) is 69.5 Å². The quantitative estimate of drug-likeness (QED) is 0.339. The molecule has 5 aliphatic heterocycles. The molecule has 6 rings (SSSR count). The lowest BCUT2D eigenvalue weighted by molar-refractivity contribution is -0.164. The fourth-order valence-electron chi connectivity index (χ4n) is 8.11. The smallest absolute Gasteiger partial charge is 0.313 e. The maximum atomic E-state index is 14.9. The van der Waals surface area contributed by atoms with Crippen LogP contribution in [-0.4, -0.2) is 138 Å². The molecule has 5 heterocycles. The van der Waals surface area contributed by atoms with Crippen LogP contribution >= 0.6 is 0 Å². The third kappa shape index (κ3) is 6.56. The Bertz CT molecular complexity index is 1440. The number of aliphatic hydroxyl groups is 1. The molecule has 12 nitrogen and oxygen atoms in total. The first-order valence-corrected chi connectivity index (χ1v) is 17.6. The summed E-state index contributed by atoms with van der Waals surface area (Å²) in [4.78, 5) is 64.4. The second kappa shape index (κ2) is 14.7. The van der Waals surface area contributed by atoms with Gasteiger partial charge in [0.1, 0.15) is 23.7 Å². The minimum atomic E-state index is -1.40. The number of rotatable bonds is 7. The van der Waals surface area contributed by atoms with E-state index in [-0.39, 0.29) is 37.3 Å². The molecule has 0 radical (unpaired) electrons. The van der Waals surface area contributed by atoms with Crippen molar-refractivity contribution in [3.8, 4) is 0 Å². The average molecular weight is 679 g/mol. The van der Waals surface area contributed by atoms with E-state index in [0.29, 0.717) is 32.7 Å². The molecular formula is C37H50N4O8. The number of morpholine rings is 1. The van der Waals surface area contributed by atoms with E-state index < -0.39 is 59.6 Å². The van der Waals surface area contributed by atoms with Crippen molar-refractivity contribution >= 4 is 23.7 Å². The monoisotopic (exact) mass is 678 g/mol. The minimum Gasteiger partial charge on any atom is -0.455 e. The number of allylic oxidation sites excluding steroid dienone is 1. The van der Waals surface area contributed by atoms with Crippen molar-refractivity contribution in [3.05, 3.63) is 60.2 Å². The first-order valence-electron chi connectivity index (χ1n) is 17.6. The predicted octanol–water partition coefficient (Wildman–Crippen LogP) is 1.80. The van der Waals surface area contributed by atoms with E-state index in [9.17, 15) is 24.3 Å². The number of likely N-dealkylation sites (tertiary alicyclic amines) is 1. The fourth-order valence-corrected chi connectivity index (χ4v) is 8.11. The highest BCUT2D eigenvalue weighted by atomic mass is 16.6. The molecule has 1 aromatic carbocycles. The Balaban J connectivity index is 1.42. The van der Waals surface area contributed by atoms with Crippen molar-refractivity contribution in [1.82, 2.24) is 19.6 Å². The number of hydrogen-bond donors (Lipinski definition) is 1. The van der Waals surface area contributed by atoms with Gasteiger partial charge in [0.05, 0.1) is 43.9 Å². The lowest BCUT2D eigenvalue weighted by atomic mass is 9.74. The molecule has 0 aromatic heterocycles. The van der Waals surface area contributed by atoms with Gasteiger partial charge in [0.25, 0.3) is 0 Å². The van der Waals surface area contributed by atoms with E-state index in [4.69, 9.17) is 14.2 Å². The van der Waals surface area contributed by atoms with Crippen LogP contribution in [0.25, 0.3) is 0 Å². The molecule has 3 saturated heterocycles. The van der Waals surface area contributed by atoms with Crippen LogP contribution in [0, 0.1) is 17.8 Å². The Labute approximate surface area is 288 Å². The fraction of sp³-hybridized carbons (Fsp3) is 0.622. The van der Waals surface area contributed by atoms with Gasteiger partial charge in [-0.15, -0.1) is 0 Å². The zero-order chi connectivity index (χ0) is 34.9. The summed E-state index contributed by atoms with van der Waals surface area (Å²) in [5.41, 5.74) is -0.681. The molecule has 266 valence electrons. The molecule has 0 unspecified atom stereocenters. The summed E-state index contributed by atoms with van der Waals surface area (Å²) >= 11 is 0. The van der Waals surface area contributed by atoms with Gasteiger partial charge in [-0.25, -0.2) is 0 Å². The van der Waals surface area contributed by atoms with Crippen LogP contribution in [0.5, 0.6) is 0 Å². The van der Waals surface area contributed by atoms with E-state index in [1.165, 1.54) is 4.90 Å². The summed E-state index contributed by atoms with van der Waals surface area (Å²) in [5.74, 6) is -3.63. The van der Waals surface area contributed by atoms with Gasteiger partial charge in [-0.3, -0.25) is 24.1 Å². The van der Waals surface area contributed by atoms with E-state index >= 15 is 0 Å².